The van der Waals surface area contributed by atoms with Crippen molar-refractivity contribution in [1.82, 2.24) is 0 Å². The number of alkyl halides is 3. The second-order valence-electron chi connectivity index (χ2n) is 5.82. The molecule has 0 radical (unpaired) electrons. The largest absolute Gasteiger partial charge is 0.416 e. The molecule has 25 heavy (non-hydrogen) atoms. The van der Waals surface area contributed by atoms with Crippen molar-refractivity contribution in [1.29, 1.82) is 0 Å². The van der Waals surface area contributed by atoms with Crippen molar-refractivity contribution < 1.29 is 22.4 Å². The van der Waals surface area contributed by atoms with Gasteiger partial charge in [-0.25, -0.2) is 4.39 Å². The minimum Gasteiger partial charge on any atom is -0.381 e. The Morgan fingerprint density at radius 3 is 2.52 bits per heavy atom. The number of anilines is 2. The van der Waals surface area contributed by atoms with Gasteiger partial charge in [0.15, 0.2) is 0 Å². The topological polar surface area (TPSA) is 32.3 Å². The average molecular weight is 352 g/mol. The van der Waals surface area contributed by atoms with Gasteiger partial charge in [-0.1, -0.05) is 18.2 Å². The maximum Gasteiger partial charge on any atom is 0.416 e. The molecule has 1 heterocycles. The maximum atomic E-state index is 14.3. The molecule has 1 aliphatic rings. The van der Waals surface area contributed by atoms with Crippen LogP contribution in [0.5, 0.6) is 0 Å². The summed E-state index contributed by atoms with van der Waals surface area (Å²) in [5.41, 5.74) is -0.0925. The van der Waals surface area contributed by atoms with Gasteiger partial charge in [0.05, 0.1) is 11.3 Å². The number of halogens is 4. The highest BCUT2D eigenvalue weighted by Crippen LogP contribution is 2.32. The summed E-state index contributed by atoms with van der Waals surface area (Å²) in [5.74, 6) is -0.705. The summed E-state index contributed by atoms with van der Waals surface area (Å²) >= 11 is 0. The third-order valence-corrected chi connectivity index (χ3v) is 4.12. The van der Waals surface area contributed by atoms with E-state index in [2.05, 4.69) is 5.32 Å². The van der Waals surface area contributed by atoms with Crippen molar-refractivity contribution in [2.75, 3.05) is 16.8 Å². The number of nitrogens with one attached hydrogen (secondary N) is 1. The smallest absolute Gasteiger partial charge is 0.381 e. The molecule has 0 bridgehead atoms. The van der Waals surface area contributed by atoms with E-state index in [0.717, 1.165) is 6.07 Å². The Kier molecular flexibility index (Phi) is 4.65. The minimum atomic E-state index is -4.44. The number of hydrogen-bond acceptors (Lipinski definition) is 2. The van der Waals surface area contributed by atoms with Gasteiger partial charge in [-0.05, 0) is 36.2 Å². The third-order valence-electron chi connectivity index (χ3n) is 4.12. The number of nitrogens with zero attached hydrogens (tertiary/aromatic N) is 1. The normalized spacial score (nSPS) is 14.9. The fourth-order valence-electron chi connectivity index (χ4n) is 2.89. The van der Waals surface area contributed by atoms with Crippen LogP contribution in [0.1, 0.15) is 24.0 Å². The van der Waals surface area contributed by atoms with E-state index < -0.39 is 17.6 Å². The van der Waals surface area contributed by atoms with E-state index in [0.29, 0.717) is 25.1 Å². The van der Waals surface area contributed by atoms with Gasteiger partial charge < -0.3 is 10.2 Å². The van der Waals surface area contributed by atoms with Crippen LogP contribution in [0.25, 0.3) is 0 Å². The van der Waals surface area contributed by atoms with Gasteiger partial charge in [-0.15, -0.1) is 0 Å². The van der Waals surface area contributed by atoms with Crippen LogP contribution < -0.4 is 10.2 Å². The van der Waals surface area contributed by atoms with Crippen LogP contribution in [0.15, 0.2) is 42.5 Å². The van der Waals surface area contributed by atoms with E-state index in [-0.39, 0.29) is 23.7 Å². The van der Waals surface area contributed by atoms with E-state index in [1.54, 1.807) is 6.07 Å². The molecule has 0 atom stereocenters. The molecule has 1 aliphatic heterocycles. The Bertz CT molecular complexity index is 789. The first-order valence-electron chi connectivity index (χ1n) is 7.85. The molecule has 7 heteroatoms. The Morgan fingerprint density at radius 1 is 1.12 bits per heavy atom. The molecule has 0 aliphatic carbocycles. The molecule has 0 spiro atoms. The highest BCUT2D eigenvalue weighted by Gasteiger charge is 2.32. The lowest BCUT2D eigenvalue weighted by atomic mass is 10.1. The second-order valence-corrected chi connectivity index (χ2v) is 5.82. The SMILES string of the molecule is O=C1CCCN1c1ccc(NCc2ccccc2C(F)(F)F)cc1F. The van der Waals surface area contributed by atoms with Gasteiger partial charge >= 0.3 is 6.18 Å². The number of rotatable bonds is 4. The molecule has 3 nitrogen and oxygen atoms in total. The van der Waals surface area contributed by atoms with Crippen molar-refractivity contribution in [2.45, 2.75) is 25.6 Å². The quantitative estimate of drug-likeness (QED) is 0.817. The summed E-state index contributed by atoms with van der Waals surface area (Å²) in [6.07, 6.45) is -3.36. The van der Waals surface area contributed by atoms with Crippen LogP contribution in [-0.2, 0) is 17.5 Å². The molecule has 0 aromatic heterocycles. The van der Waals surface area contributed by atoms with Crippen molar-refractivity contribution in [3.8, 4) is 0 Å². The van der Waals surface area contributed by atoms with Gasteiger partial charge in [0, 0.05) is 25.2 Å². The molecule has 1 fully saturated rings. The summed E-state index contributed by atoms with van der Waals surface area (Å²) in [4.78, 5) is 13.1. The van der Waals surface area contributed by atoms with Crippen LogP contribution >= 0.6 is 0 Å². The molecule has 1 N–H and O–H groups in total. The zero-order valence-corrected chi connectivity index (χ0v) is 13.2. The van der Waals surface area contributed by atoms with E-state index in [9.17, 15) is 22.4 Å². The summed E-state index contributed by atoms with van der Waals surface area (Å²) in [6.45, 7) is 0.388. The Hall–Kier alpha value is -2.57. The molecule has 2 aromatic carbocycles. The number of hydrogen-bond donors (Lipinski definition) is 1. The molecule has 2 aromatic rings. The predicted octanol–water partition coefficient (Wildman–Crippen LogP) is 4.58. The van der Waals surface area contributed by atoms with E-state index in [4.69, 9.17) is 0 Å². The number of benzene rings is 2. The zero-order valence-electron chi connectivity index (χ0n) is 13.2. The van der Waals surface area contributed by atoms with E-state index >= 15 is 0 Å². The monoisotopic (exact) mass is 352 g/mol. The first-order valence-corrected chi connectivity index (χ1v) is 7.85. The lowest BCUT2D eigenvalue weighted by Crippen LogP contribution is -2.24. The van der Waals surface area contributed by atoms with Crippen molar-refractivity contribution >= 4 is 17.3 Å². The summed E-state index contributed by atoms with van der Waals surface area (Å²) in [7, 11) is 0. The Labute approximate surface area is 142 Å². The third kappa shape index (κ3) is 3.75. The van der Waals surface area contributed by atoms with Gasteiger partial charge in [-0.3, -0.25) is 4.79 Å². The van der Waals surface area contributed by atoms with E-state index in [1.165, 1.54) is 35.2 Å². The lowest BCUT2D eigenvalue weighted by Gasteiger charge is -2.18. The van der Waals surface area contributed by atoms with E-state index in [1.807, 2.05) is 0 Å². The van der Waals surface area contributed by atoms with Crippen LogP contribution in [-0.4, -0.2) is 12.5 Å². The van der Waals surface area contributed by atoms with Crippen LogP contribution in [0.3, 0.4) is 0 Å². The highest BCUT2D eigenvalue weighted by atomic mass is 19.4. The predicted molar refractivity (Wildman–Crippen MR) is 86.8 cm³/mol. The zero-order chi connectivity index (χ0) is 18.0. The van der Waals surface area contributed by atoms with Gasteiger partial charge in [0.2, 0.25) is 5.91 Å². The molecular formula is C18H16F4N2O. The minimum absolute atomic E-state index is 0.0780. The lowest BCUT2D eigenvalue weighted by molar-refractivity contribution is -0.138. The molecular weight excluding hydrogens is 336 g/mol. The molecule has 132 valence electrons. The van der Waals surface area contributed by atoms with Crippen molar-refractivity contribution in [3.05, 3.63) is 59.4 Å². The molecule has 0 saturated carbocycles. The number of amides is 1. The Balaban J connectivity index is 1.75. The first-order chi connectivity index (χ1) is 11.9. The van der Waals surface area contributed by atoms with Crippen LogP contribution in [0.2, 0.25) is 0 Å². The van der Waals surface area contributed by atoms with Crippen molar-refractivity contribution in [2.24, 2.45) is 0 Å². The molecule has 1 saturated heterocycles. The fraction of sp³-hybridized carbons (Fsp3) is 0.278. The first kappa shape index (κ1) is 17.3. The summed E-state index contributed by atoms with van der Waals surface area (Å²) in [5, 5.41) is 2.80. The van der Waals surface area contributed by atoms with Crippen LogP contribution in [0.4, 0.5) is 28.9 Å². The molecule has 0 unspecified atom stereocenters. The summed E-state index contributed by atoms with van der Waals surface area (Å²) < 4.78 is 53.2. The Morgan fingerprint density at radius 2 is 1.88 bits per heavy atom. The van der Waals surface area contributed by atoms with Crippen LogP contribution in [0, 0.1) is 5.82 Å². The summed E-state index contributed by atoms with van der Waals surface area (Å²) in [6, 6.07) is 9.46. The molecule has 1 amide bonds. The standard InChI is InChI=1S/C18H16F4N2O/c19-15-10-13(7-8-16(15)24-9-3-6-17(24)25)23-11-12-4-1-2-5-14(12)18(20,21)22/h1-2,4-5,7-8,10,23H,3,6,9,11H2. The second kappa shape index (κ2) is 6.74. The highest BCUT2D eigenvalue weighted by molar-refractivity contribution is 5.95. The number of carbonyl (C=O) groups excluding carboxylic acids is 1. The fourth-order valence-corrected chi connectivity index (χ4v) is 2.89. The van der Waals surface area contributed by atoms with Gasteiger partial charge in [-0.2, -0.15) is 13.2 Å². The maximum absolute atomic E-state index is 14.3. The molecule has 3 rings (SSSR count). The van der Waals surface area contributed by atoms with Crippen molar-refractivity contribution in [3.63, 3.8) is 0 Å². The van der Waals surface area contributed by atoms with Gasteiger partial charge in [0.1, 0.15) is 5.82 Å². The number of carbonyl (C=O) groups is 1. The van der Waals surface area contributed by atoms with Gasteiger partial charge in [0.25, 0.3) is 0 Å². The average Bonchev–Trinajstić information content (AvgIpc) is 2.98.